The maximum atomic E-state index is 3.54. The molecule has 1 aromatic rings. The molecule has 0 bridgehead atoms. The molecule has 0 aromatic heterocycles. The molecule has 0 radical (unpaired) electrons. The molecule has 1 aliphatic carbocycles. The summed E-state index contributed by atoms with van der Waals surface area (Å²) in [5.41, 5.74) is 2.88. The number of nitrogens with zero attached hydrogens (tertiary/aromatic N) is 1. The lowest BCUT2D eigenvalue weighted by Crippen LogP contribution is -2.26. The molecule has 0 spiro atoms. The fourth-order valence-electron chi connectivity index (χ4n) is 2.82. The van der Waals surface area contributed by atoms with Crippen molar-refractivity contribution >= 4 is 0 Å². The minimum absolute atomic E-state index is 0.715. The van der Waals surface area contributed by atoms with Gasteiger partial charge >= 0.3 is 0 Å². The van der Waals surface area contributed by atoms with Crippen LogP contribution in [-0.4, -0.2) is 24.5 Å². The fourth-order valence-corrected chi connectivity index (χ4v) is 2.82. The first kappa shape index (κ1) is 16.5. The van der Waals surface area contributed by atoms with Crippen LogP contribution in [0.5, 0.6) is 0 Å². The summed E-state index contributed by atoms with van der Waals surface area (Å²) in [5, 5.41) is 3.54. The van der Waals surface area contributed by atoms with E-state index in [4.69, 9.17) is 0 Å². The lowest BCUT2D eigenvalue weighted by molar-refractivity contribution is 0.255. The molecule has 0 aliphatic heterocycles. The van der Waals surface area contributed by atoms with Crippen LogP contribution >= 0.6 is 0 Å². The molecule has 2 rings (SSSR count). The largest absolute Gasteiger partial charge is 0.312 e. The zero-order valence-corrected chi connectivity index (χ0v) is 14.1. The second-order valence-corrected chi connectivity index (χ2v) is 7.02. The van der Waals surface area contributed by atoms with Gasteiger partial charge in [-0.25, -0.2) is 0 Å². The van der Waals surface area contributed by atoms with Crippen molar-refractivity contribution in [3.63, 3.8) is 0 Å². The van der Waals surface area contributed by atoms with Gasteiger partial charge in [-0.1, -0.05) is 45.0 Å². The average Bonchev–Trinajstić information content (AvgIpc) is 3.23. The summed E-state index contributed by atoms with van der Waals surface area (Å²) in [6, 6.07) is 9.11. The summed E-state index contributed by atoms with van der Waals surface area (Å²) < 4.78 is 0. The van der Waals surface area contributed by atoms with Crippen LogP contribution in [0.2, 0.25) is 0 Å². The minimum Gasteiger partial charge on any atom is -0.312 e. The maximum absolute atomic E-state index is 3.54. The third-order valence-corrected chi connectivity index (χ3v) is 4.03. The van der Waals surface area contributed by atoms with Crippen molar-refractivity contribution in [3.05, 3.63) is 35.4 Å². The fraction of sp³-hybridized carbons (Fsp3) is 0.684. The normalized spacial score (nSPS) is 15.1. The van der Waals surface area contributed by atoms with E-state index >= 15 is 0 Å². The maximum Gasteiger partial charge on any atom is 0.0233 e. The van der Waals surface area contributed by atoms with Crippen LogP contribution < -0.4 is 5.32 Å². The summed E-state index contributed by atoms with van der Waals surface area (Å²) in [4.78, 5) is 2.64. The smallest absolute Gasteiger partial charge is 0.0233 e. The van der Waals surface area contributed by atoms with Gasteiger partial charge in [0.2, 0.25) is 0 Å². The number of hydrogen-bond donors (Lipinski definition) is 1. The second-order valence-electron chi connectivity index (χ2n) is 7.02. The molecule has 0 atom stereocenters. The summed E-state index contributed by atoms with van der Waals surface area (Å²) in [7, 11) is 0. The van der Waals surface area contributed by atoms with Crippen LogP contribution in [0.15, 0.2) is 24.3 Å². The Morgan fingerprint density at radius 3 is 2.67 bits per heavy atom. The van der Waals surface area contributed by atoms with Crippen molar-refractivity contribution in [2.24, 2.45) is 11.8 Å². The summed E-state index contributed by atoms with van der Waals surface area (Å²) in [6.07, 6.45) is 4.14. The molecule has 0 heterocycles. The highest BCUT2D eigenvalue weighted by atomic mass is 15.1. The molecule has 1 aromatic carbocycles. The second kappa shape index (κ2) is 8.55. The van der Waals surface area contributed by atoms with Gasteiger partial charge in [-0.2, -0.15) is 0 Å². The molecule has 21 heavy (non-hydrogen) atoms. The molecule has 1 saturated carbocycles. The van der Waals surface area contributed by atoms with Crippen LogP contribution in [0, 0.1) is 11.8 Å². The van der Waals surface area contributed by atoms with E-state index in [1.165, 1.54) is 43.5 Å². The van der Waals surface area contributed by atoms with E-state index in [0.29, 0.717) is 5.92 Å². The van der Waals surface area contributed by atoms with Gasteiger partial charge in [0, 0.05) is 19.6 Å². The van der Waals surface area contributed by atoms with Crippen molar-refractivity contribution < 1.29 is 0 Å². The zero-order chi connectivity index (χ0) is 15.1. The van der Waals surface area contributed by atoms with Crippen LogP contribution in [0.4, 0.5) is 0 Å². The van der Waals surface area contributed by atoms with Crippen LogP contribution in [0.1, 0.15) is 51.2 Å². The summed E-state index contributed by atoms with van der Waals surface area (Å²) in [5.74, 6) is 1.69. The molecule has 1 fully saturated rings. The predicted octanol–water partition coefficient (Wildman–Crippen LogP) is 4.05. The van der Waals surface area contributed by atoms with Gasteiger partial charge in [-0.05, 0) is 55.3 Å². The van der Waals surface area contributed by atoms with Gasteiger partial charge in [-0.15, -0.1) is 0 Å². The number of benzene rings is 1. The summed E-state index contributed by atoms with van der Waals surface area (Å²) in [6.45, 7) is 12.5. The van der Waals surface area contributed by atoms with E-state index in [1.807, 2.05) is 0 Å². The molecule has 0 saturated heterocycles. The van der Waals surface area contributed by atoms with E-state index in [2.05, 4.69) is 55.3 Å². The summed E-state index contributed by atoms with van der Waals surface area (Å²) >= 11 is 0. The highest BCUT2D eigenvalue weighted by Crippen LogP contribution is 2.30. The quantitative estimate of drug-likeness (QED) is 0.698. The van der Waals surface area contributed by atoms with Crippen LogP contribution in [-0.2, 0) is 13.1 Å². The Balaban J connectivity index is 1.85. The Morgan fingerprint density at radius 1 is 1.24 bits per heavy atom. The predicted molar refractivity (Wildman–Crippen MR) is 91.3 cm³/mol. The SMILES string of the molecule is CCCN(Cc1cccc(CNCC(C)C)c1)CC1CC1. The molecule has 118 valence electrons. The molecule has 0 unspecified atom stereocenters. The molecule has 2 heteroatoms. The lowest BCUT2D eigenvalue weighted by atomic mass is 10.1. The number of hydrogen-bond acceptors (Lipinski definition) is 2. The first-order chi connectivity index (χ1) is 10.2. The highest BCUT2D eigenvalue weighted by molar-refractivity contribution is 5.23. The molecular formula is C19H32N2. The first-order valence-electron chi connectivity index (χ1n) is 8.68. The Labute approximate surface area is 130 Å². The van der Waals surface area contributed by atoms with Crippen molar-refractivity contribution in [2.75, 3.05) is 19.6 Å². The van der Waals surface area contributed by atoms with Crippen molar-refractivity contribution in [2.45, 2.75) is 53.1 Å². The van der Waals surface area contributed by atoms with Gasteiger partial charge in [-0.3, -0.25) is 4.90 Å². The van der Waals surface area contributed by atoms with Crippen molar-refractivity contribution in [1.82, 2.24) is 10.2 Å². The topological polar surface area (TPSA) is 15.3 Å². The van der Waals surface area contributed by atoms with E-state index < -0.39 is 0 Å². The lowest BCUT2D eigenvalue weighted by Gasteiger charge is -2.22. The third-order valence-electron chi connectivity index (χ3n) is 4.03. The minimum atomic E-state index is 0.715. The molecule has 1 aliphatic rings. The van der Waals surface area contributed by atoms with Crippen LogP contribution in [0.25, 0.3) is 0 Å². The third kappa shape index (κ3) is 6.62. The molecule has 2 nitrogen and oxygen atoms in total. The van der Waals surface area contributed by atoms with E-state index in [9.17, 15) is 0 Å². The first-order valence-corrected chi connectivity index (χ1v) is 8.68. The number of rotatable bonds is 10. The van der Waals surface area contributed by atoms with Gasteiger partial charge < -0.3 is 5.32 Å². The zero-order valence-electron chi connectivity index (χ0n) is 14.1. The van der Waals surface area contributed by atoms with Gasteiger partial charge in [0.15, 0.2) is 0 Å². The van der Waals surface area contributed by atoms with Crippen molar-refractivity contribution in [3.8, 4) is 0 Å². The highest BCUT2D eigenvalue weighted by Gasteiger charge is 2.23. The standard InChI is InChI=1S/C19H32N2/c1-4-10-21(14-17-8-9-17)15-19-7-5-6-18(11-19)13-20-12-16(2)3/h5-7,11,16-17,20H,4,8-10,12-15H2,1-3H3. The van der Waals surface area contributed by atoms with E-state index in [-0.39, 0.29) is 0 Å². The van der Waals surface area contributed by atoms with Crippen LogP contribution in [0.3, 0.4) is 0 Å². The van der Waals surface area contributed by atoms with Gasteiger partial charge in [0.05, 0.1) is 0 Å². The molecular weight excluding hydrogens is 256 g/mol. The Hall–Kier alpha value is -0.860. The van der Waals surface area contributed by atoms with Gasteiger partial charge in [0.25, 0.3) is 0 Å². The van der Waals surface area contributed by atoms with E-state index in [1.54, 1.807) is 0 Å². The molecule has 0 amide bonds. The molecule has 1 N–H and O–H groups in total. The van der Waals surface area contributed by atoms with Crippen molar-refractivity contribution in [1.29, 1.82) is 0 Å². The Bertz CT molecular complexity index is 410. The Morgan fingerprint density at radius 2 is 2.00 bits per heavy atom. The monoisotopic (exact) mass is 288 g/mol. The van der Waals surface area contributed by atoms with Gasteiger partial charge in [0.1, 0.15) is 0 Å². The van der Waals surface area contributed by atoms with E-state index in [0.717, 1.165) is 25.6 Å². The Kier molecular flexibility index (Phi) is 6.72. The average molecular weight is 288 g/mol. The number of nitrogens with one attached hydrogen (secondary N) is 1.